The summed E-state index contributed by atoms with van der Waals surface area (Å²) in [4.78, 5) is 15.0. The summed E-state index contributed by atoms with van der Waals surface area (Å²) in [6.07, 6.45) is 2.15. The normalized spacial score (nSPS) is 14.6. The number of fused-ring (bicyclic) bond motifs is 1. The van der Waals surface area contributed by atoms with Gasteiger partial charge < -0.3 is 15.0 Å². The van der Waals surface area contributed by atoms with Crippen molar-refractivity contribution in [2.75, 3.05) is 23.4 Å². The van der Waals surface area contributed by atoms with E-state index in [9.17, 15) is 4.79 Å². The number of rotatable bonds is 5. The molecule has 1 aliphatic rings. The number of benzene rings is 2. The molecular formula is C21H26N2O2. The quantitative estimate of drug-likeness (QED) is 0.889. The van der Waals surface area contributed by atoms with Crippen LogP contribution in [0.1, 0.15) is 31.4 Å². The molecule has 0 bridgehead atoms. The Labute approximate surface area is 149 Å². The van der Waals surface area contributed by atoms with Crippen molar-refractivity contribution in [3.63, 3.8) is 0 Å². The molecule has 4 heteroatoms. The predicted octanol–water partition coefficient (Wildman–Crippen LogP) is 4.17. The summed E-state index contributed by atoms with van der Waals surface area (Å²) in [6, 6.07) is 13.8. The molecule has 0 saturated carbocycles. The molecule has 132 valence electrons. The van der Waals surface area contributed by atoms with Crippen molar-refractivity contribution in [3.8, 4) is 5.75 Å². The van der Waals surface area contributed by atoms with Gasteiger partial charge in [0.15, 0.2) is 0 Å². The number of ether oxygens (including phenoxy) is 1. The Hall–Kier alpha value is -2.49. The molecule has 1 N–H and O–H groups in total. The third-order valence-corrected chi connectivity index (χ3v) is 4.68. The Morgan fingerprint density at radius 1 is 1.28 bits per heavy atom. The van der Waals surface area contributed by atoms with Gasteiger partial charge in [0.1, 0.15) is 11.8 Å². The highest BCUT2D eigenvalue weighted by Crippen LogP contribution is 2.30. The number of aryl methyl sites for hydroxylation is 2. The van der Waals surface area contributed by atoms with Gasteiger partial charge in [-0.05, 0) is 57.4 Å². The van der Waals surface area contributed by atoms with E-state index >= 15 is 0 Å². The van der Waals surface area contributed by atoms with Gasteiger partial charge in [0.2, 0.25) is 5.91 Å². The van der Waals surface area contributed by atoms with Gasteiger partial charge in [0.25, 0.3) is 0 Å². The molecule has 0 radical (unpaired) electrons. The molecule has 1 heterocycles. The summed E-state index contributed by atoms with van der Waals surface area (Å²) in [5.74, 6) is 0.695. The van der Waals surface area contributed by atoms with E-state index < -0.39 is 0 Å². The fourth-order valence-corrected chi connectivity index (χ4v) is 3.39. The Bertz CT molecular complexity index is 757. The SMILES string of the molecule is CCOc1ccccc1NC(=O)C(C)N1CCCc2cc(C)ccc21. The zero-order valence-electron chi connectivity index (χ0n) is 15.2. The zero-order valence-corrected chi connectivity index (χ0v) is 15.2. The highest BCUT2D eigenvalue weighted by molar-refractivity contribution is 5.98. The van der Waals surface area contributed by atoms with Crippen LogP contribution >= 0.6 is 0 Å². The lowest BCUT2D eigenvalue weighted by atomic mass is 9.98. The smallest absolute Gasteiger partial charge is 0.246 e. The first-order valence-corrected chi connectivity index (χ1v) is 8.99. The monoisotopic (exact) mass is 338 g/mol. The molecule has 0 saturated heterocycles. The minimum Gasteiger partial charge on any atom is -0.492 e. The van der Waals surface area contributed by atoms with E-state index in [1.165, 1.54) is 16.8 Å². The molecule has 0 aromatic heterocycles. The standard InChI is InChI=1S/C21H26N2O2/c1-4-25-20-10-6-5-9-18(20)22-21(24)16(3)23-13-7-8-17-14-15(2)11-12-19(17)23/h5-6,9-12,14,16H,4,7-8,13H2,1-3H3,(H,22,24). The van der Waals surface area contributed by atoms with Gasteiger partial charge in [-0.1, -0.05) is 29.8 Å². The van der Waals surface area contributed by atoms with Crippen LogP contribution in [0.4, 0.5) is 11.4 Å². The van der Waals surface area contributed by atoms with Crippen molar-refractivity contribution in [3.05, 3.63) is 53.6 Å². The van der Waals surface area contributed by atoms with E-state index in [2.05, 4.69) is 35.3 Å². The number of nitrogens with zero attached hydrogens (tertiary/aromatic N) is 1. The average molecular weight is 338 g/mol. The number of hydrogen-bond donors (Lipinski definition) is 1. The van der Waals surface area contributed by atoms with E-state index in [1.54, 1.807) is 0 Å². The topological polar surface area (TPSA) is 41.6 Å². The molecule has 25 heavy (non-hydrogen) atoms. The summed E-state index contributed by atoms with van der Waals surface area (Å²) >= 11 is 0. The van der Waals surface area contributed by atoms with E-state index in [1.807, 2.05) is 38.1 Å². The molecule has 0 fully saturated rings. The fraction of sp³-hybridized carbons (Fsp3) is 0.381. The van der Waals surface area contributed by atoms with Crippen LogP contribution in [-0.2, 0) is 11.2 Å². The van der Waals surface area contributed by atoms with Gasteiger partial charge >= 0.3 is 0 Å². The van der Waals surface area contributed by atoms with Crippen molar-refractivity contribution in [2.45, 2.75) is 39.7 Å². The van der Waals surface area contributed by atoms with Crippen LogP contribution in [0.15, 0.2) is 42.5 Å². The second-order valence-electron chi connectivity index (χ2n) is 6.52. The third-order valence-electron chi connectivity index (χ3n) is 4.68. The van der Waals surface area contributed by atoms with Crippen LogP contribution < -0.4 is 15.0 Å². The molecule has 3 rings (SSSR count). The maximum absolute atomic E-state index is 12.8. The first kappa shape index (κ1) is 17.3. The van der Waals surface area contributed by atoms with Gasteiger partial charge in [0.05, 0.1) is 12.3 Å². The summed E-state index contributed by atoms with van der Waals surface area (Å²) < 4.78 is 5.60. The number of para-hydroxylation sites is 2. The van der Waals surface area contributed by atoms with E-state index in [0.29, 0.717) is 12.4 Å². The lowest BCUT2D eigenvalue weighted by Gasteiger charge is -2.35. The predicted molar refractivity (Wildman–Crippen MR) is 103 cm³/mol. The number of nitrogens with one attached hydrogen (secondary N) is 1. The number of amides is 1. The maximum Gasteiger partial charge on any atom is 0.246 e. The Kier molecular flexibility index (Phi) is 5.27. The Balaban J connectivity index is 1.78. The highest BCUT2D eigenvalue weighted by Gasteiger charge is 2.26. The summed E-state index contributed by atoms with van der Waals surface area (Å²) in [5.41, 5.74) is 4.50. The van der Waals surface area contributed by atoms with Crippen LogP contribution in [0.25, 0.3) is 0 Å². The first-order valence-electron chi connectivity index (χ1n) is 8.99. The fourth-order valence-electron chi connectivity index (χ4n) is 3.39. The minimum atomic E-state index is -0.239. The van der Waals surface area contributed by atoms with Gasteiger partial charge in [-0.2, -0.15) is 0 Å². The molecule has 1 atom stereocenters. The maximum atomic E-state index is 12.8. The highest BCUT2D eigenvalue weighted by atomic mass is 16.5. The Morgan fingerprint density at radius 2 is 2.08 bits per heavy atom. The zero-order chi connectivity index (χ0) is 17.8. The summed E-state index contributed by atoms with van der Waals surface area (Å²) in [6.45, 7) is 7.49. The van der Waals surface area contributed by atoms with Crippen molar-refractivity contribution in [2.24, 2.45) is 0 Å². The molecule has 1 unspecified atom stereocenters. The van der Waals surface area contributed by atoms with Gasteiger partial charge in [-0.3, -0.25) is 4.79 Å². The largest absolute Gasteiger partial charge is 0.492 e. The van der Waals surface area contributed by atoms with E-state index in [0.717, 1.165) is 25.1 Å². The van der Waals surface area contributed by atoms with Crippen LogP contribution in [0.3, 0.4) is 0 Å². The molecule has 0 aliphatic carbocycles. The van der Waals surface area contributed by atoms with Crippen molar-refractivity contribution in [1.82, 2.24) is 0 Å². The van der Waals surface area contributed by atoms with Crippen LogP contribution in [0.2, 0.25) is 0 Å². The Morgan fingerprint density at radius 3 is 2.88 bits per heavy atom. The van der Waals surface area contributed by atoms with Gasteiger partial charge in [-0.25, -0.2) is 0 Å². The van der Waals surface area contributed by atoms with Crippen molar-refractivity contribution >= 4 is 17.3 Å². The van der Waals surface area contributed by atoms with Crippen LogP contribution in [0, 0.1) is 6.92 Å². The molecule has 0 spiro atoms. The second-order valence-corrected chi connectivity index (χ2v) is 6.52. The average Bonchev–Trinajstić information content (AvgIpc) is 2.62. The van der Waals surface area contributed by atoms with Crippen molar-refractivity contribution in [1.29, 1.82) is 0 Å². The lowest BCUT2D eigenvalue weighted by molar-refractivity contribution is -0.117. The first-order chi connectivity index (χ1) is 12.1. The second kappa shape index (κ2) is 7.60. The minimum absolute atomic E-state index is 0.0134. The molecule has 2 aromatic carbocycles. The lowest BCUT2D eigenvalue weighted by Crippen LogP contribution is -2.44. The molecular weight excluding hydrogens is 312 g/mol. The molecule has 2 aromatic rings. The van der Waals surface area contributed by atoms with Crippen LogP contribution in [0.5, 0.6) is 5.75 Å². The number of anilines is 2. The van der Waals surface area contributed by atoms with Gasteiger partial charge in [0, 0.05) is 12.2 Å². The number of hydrogen-bond acceptors (Lipinski definition) is 3. The van der Waals surface area contributed by atoms with E-state index in [-0.39, 0.29) is 11.9 Å². The molecule has 1 amide bonds. The van der Waals surface area contributed by atoms with Crippen molar-refractivity contribution < 1.29 is 9.53 Å². The summed E-state index contributed by atoms with van der Waals surface area (Å²) in [7, 11) is 0. The molecule has 1 aliphatic heterocycles. The van der Waals surface area contributed by atoms with E-state index in [4.69, 9.17) is 4.74 Å². The van der Waals surface area contributed by atoms with Gasteiger partial charge in [-0.15, -0.1) is 0 Å². The number of carbonyl (C=O) groups is 1. The van der Waals surface area contributed by atoms with Crippen LogP contribution in [-0.4, -0.2) is 25.1 Å². The summed E-state index contributed by atoms with van der Waals surface area (Å²) in [5, 5.41) is 3.03. The molecule has 4 nitrogen and oxygen atoms in total. The third kappa shape index (κ3) is 3.78. The number of carbonyl (C=O) groups excluding carboxylic acids is 1.